The fourth-order valence-electron chi connectivity index (χ4n) is 1.61. The molecule has 0 aliphatic carbocycles. The summed E-state index contributed by atoms with van der Waals surface area (Å²) in [6.07, 6.45) is 1.90. The molecule has 0 saturated heterocycles. The lowest BCUT2D eigenvalue weighted by Gasteiger charge is -2.14. The topological polar surface area (TPSA) is 20.2 Å². The van der Waals surface area contributed by atoms with Gasteiger partial charge in [-0.15, -0.1) is 6.58 Å². The van der Waals surface area contributed by atoms with Crippen LogP contribution in [0.3, 0.4) is 0 Å². The molecule has 0 heterocycles. The van der Waals surface area contributed by atoms with E-state index in [4.69, 9.17) is 0 Å². The molecule has 0 aliphatic rings. The molecule has 0 aliphatic heterocycles. The third-order valence-corrected chi connectivity index (χ3v) is 2.36. The van der Waals surface area contributed by atoms with E-state index in [9.17, 15) is 5.11 Å². The van der Waals surface area contributed by atoms with E-state index in [-0.39, 0.29) is 0 Å². The fourth-order valence-corrected chi connectivity index (χ4v) is 1.61. The average molecular weight is 202 g/mol. The molecule has 0 aromatic heterocycles. The predicted molar refractivity (Wildman–Crippen MR) is 65.7 cm³/mol. The lowest BCUT2D eigenvalue weighted by atomic mass is 9.96. The van der Waals surface area contributed by atoms with Crippen molar-refractivity contribution in [2.45, 2.75) is 26.4 Å². The molecule has 0 spiro atoms. The third-order valence-electron chi connectivity index (χ3n) is 2.36. The summed E-state index contributed by atoms with van der Waals surface area (Å²) in [5.41, 5.74) is 4.07. The van der Waals surface area contributed by atoms with Crippen LogP contribution in [0.5, 0.6) is 0 Å². The van der Waals surface area contributed by atoms with E-state index in [0.717, 1.165) is 22.3 Å². The van der Waals surface area contributed by atoms with E-state index in [0.29, 0.717) is 6.42 Å². The highest BCUT2D eigenvalue weighted by Gasteiger charge is 2.11. The number of aliphatic hydroxyl groups is 1. The van der Waals surface area contributed by atoms with Crippen LogP contribution in [-0.2, 0) is 0 Å². The van der Waals surface area contributed by atoms with Gasteiger partial charge in [0.2, 0.25) is 0 Å². The SMILES string of the molecule is C=Cc1ccc(C)cc1C(O)CC(=C)C. The van der Waals surface area contributed by atoms with Gasteiger partial charge in [-0.2, -0.15) is 0 Å². The van der Waals surface area contributed by atoms with Crippen LogP contribution in [0.4, 0.5) is 0 Å². The van der Waals surface area contributed by atoms with Crippen LogP contribution in [0, 0.1) is 6.92 Å². The first-order chi connectivity index (χ1) is 7.04. The monoisotopic (exact) mass is 202 g/mol. The fraction of sp³-hybridized carbons (Fsp3) is 0.286. The van der Waals surface area contributed by atoms with Crippen LogP contribution in [0.25, 0.3) is 6.08 Å². The largest absolute Gasteiger partial charge is 0.388 e. The molecule has 1 aromatic rings. The minimum atomic E-state index is -0.476. The summed E-state index contributed by atoms with van der Waals surface area (Å²) in [4.78, 5) is 0. The Hall–Kier alpha value is -1.34. The quantitative estimate of drug-likeness (QED) is 0.739. The van der Waals surface area contributed by atoms with Gasteiger partial charge in [-0.3, -0.25) is 0 Å². The van der Waals surface area contributed by atoms with Crippen molar-refractivity contribution in [1.29, 1.82) is 0 Å². The maximum Gasteiger partial charge on any atom is 0.0832 e. The smallest absolute Gasteiger partial charge is 0.0832 e. The van der Waals surface area contributed by atoms with Crippen LogP contribution in [0.1, 0.15) is 36.1 Å². The normalized spacial score (nSPS) is 12.2. The number of aliphatic hydroxyl groups excluding tert-OH is 1. The van der Waals surface area contributed by atoms with Gasteiger partial charge in [-0.1, -0.05) is 42.0 Å². The zero-order chi connectivity index (χ0) is 11.4. The van der Waals surface area contributed by atoms with Gasteiger partial charge in [0, 0.05) is 0 Å². The Morgan fingerprint density at radius 1 is 1.53 bits per heavy atom. The Morgan fingerprint density at radius 3 is 2.73 bits per heavy atom. The number of benzene rings is 1. The van der Waals surface area contributed by atoms with Crippen LogP contribution < -0.4 is 0 Å². The second kappa shape index (κ2) is 4.94. The number of aryl methyl sites for hydroxylation is 1. The highest BCUT2D eigenvalue weighted by molar-refractivity contribution is 5.53. The molecule has 1 aromatic carbocycles. The second-order valence-electron chi connectivity index (χ2n) is 4.01. The standard InChI is InChI=1S/C14H18O/c1-5-12-7-6-11(4)9-13(12)14(15)8-10(2)3/h5-7,9,14-15H,1-2,8H2,3-4H3. The van der Waals surface area contributed by atoms with Crippen LogP contribution in [-0.4, -0.2) is 5.11 Å². The molecule has 1 unspecified atom stereocenters. The van der Waals surface area contributed by atoms with Crippen molar-refractivity contribution >= 4 is 6.08 Å². The van der Waals surface area contributed by atoms with E-state index in [1.54, 1.807) is 6.08 Å². The van der Waals surface area contributed by atoms with Crippen molar-refractivity contribution in [3.63, 3.8) is 0 Å². The molecule has 1 N–H and O–H groups in total. The Labute approximate surface area is 91.8 Å². The molecule has 1 heteroatoms. The molecule has 80 valence electrons. The maximum atomic E-state index is 10.0. The van der Waals surface area contributed by atoms with Gasteiger partial charge in [-0.25, -0.2) is 0 Å². The maximum absolute atomic E-state index is 10.0. The van der Waals surface area contributed by atoms with E-state index >= 15 is 0 Å². The van der Waals surface area contributed by atoms with Crippen molar-refractivity contribution in [1.82, 2.24) is 0 Å². The van der Waals surface area contributed by atoms with Gasteiger partial charge in [0.15, 0.2) is 0 Å². The van der Waals surface area contributed by atoms with Crippen molar-refractivity contribution < 1.29 is 5.11 Å². The summed E-state index contributed by atoms with van der Waals surface area (Å²) in [6.45, 7) is 11.5. The molecule has 1 nitrogen and oxygen atoms in total. The molecule has 0 amide bonds. The summed E-state index contributed by atoms with van der Waals surface area (Å²) < 4.78 is 0. The first-order valence-electron chi connectivity index (χ1n) is 5.10. The third kappa shape index (κ3) is 3.07. The van der Waals surface area contributed by atoms with Crippen LogP contribution in [0.2, 0.25) is 0 Å². The molecular weight excluding hydrogens is 184 g/mol. The molecule has 15 heavy (non-hydrogen) atoms. The van der Waals surface area contributed by atoms with E-state index in [2.05, 4.69) is 13.2 Å². The Balaban J connectivity index is 3.04. The summed E-state index contributed by atoms with van der Waals surface area (Å²) >= 11 is 0. The Bertz CT molecular complexity index is 377. The predicted octanol–water partition coefficient (Wildman–Crippen LogP) is 3.64. The minimum absolute atomic E-state index is 0.476. The van der Waals surface area contributed by atoms with Gasteiger partial charge in [0.25, 0.3) is 0 Å². The van der Waals surface area contributed by atoms with Gasteiger partial charge >= 0.3 is 0 Å². The van der Waals surface area contributed by atoms with Crippen LogP contribution >= 0.6 is 0 Å². The second-order valence-corrected chi connectivity index (χ2v) is 4.01. The highest BCUT2D eigenvalue weighted by atomic mass is 16.3. The molecule has 0 bridgehead atoms. The number of rotatable bonds is 4. The average Bonchev–Trinajstić information content (AvgIpc) is 2.16. The van der Waals surface area contributed by atoms with Gasteiger partial charge in [0.1, 0.15) is 0 Å². The molecule has 1 atom stereocenters. The van der Waals surface area contributed by atoms with Gasteiger partial charge < -0.3 is 5.11 Å². The summed E-state index contributed by atoms with van der Waals surface area (Å²) in [7, 11) is 0. The number of hydrogen-bond acceptors (Lipinski definition) is 1. The highest BCUT2D eigenvalue weighted by Crippen LogP contribution is 2.25. The lowest BCUT2D eigenvalue weighted by molar-refractivity contribution is 0.178. The summed E-state index contributed by atoms with van der Waals surface area (Å²) in [5, 5.41) is 10.0. The molecule has 0 saturated carbocycles. The summed E-state index contributed by atoms with van der Waals surface area (Å²) in [5.74, 6) is 0. The van der Waals surface area contributed by atoms with E-state index in [1.165, 1.54) is 0 Å². The molecule has 0 radical (unpaired) electrons. The minimum Gasteiger partial charge on any atom is -0.388 e. The summed E-state index contributed by atoms with van der Waals surface area (Å²) in [6, 6.07) is 6.01. The van der Waals surface area contributed by atoms with Gasteiger partial charge in [0.05, 0.1) is 6.10 Å². The number of hydrogen-bond donors (Lipinski definition) is 1. The first kappa shape index (κ1) is 11.7. The van der Waals surface area contributed by atoms with E-state index < -0.39 is 6.10 Å². The zero-order valence-electron chi connectivity index (χ0n) is 9.46. The first-order valence-corrected chi connectivity index (χ1v) is 5.10. The van der Waals surface area contributed by atoms with Crippen LogP contribution in [0.15, 0.2) is 36.9 Å². The molecule has 0 fully saturated rings. The molecular formula is C14H18O. The Kier molecular flexibility index (Phi) is 3.87. The van der Waals surface area contributed by atoms with Crippen molar-refractivity contribution in [2.24, 2.45) is 0 Å². The zero-order valence-corrected chi connectivity index (χ0v) is 9.46. The molecule has 1 rings (SSSR count). The van der Waals surface area contributed by atoms with Crippen molar-refractivity contribution in [2.75, 3.05) is 0 Å². The van der Waals surface area contributed by atoms with Gasteiger partial charge in [-0.05, 0) is 31.4 Å². The van der Waals surface area contributed by atoms with Crippen molar-refractivity contribution in [3.05, 3.63) is 53.6 Å². The van der Waals surface area contributed by atoms with Crippen molar-refractivity contribution in [3.8, 4) is 0 Å². The van der Waals surface area contributed by atoms with E-state index in [1.807, 2.05) is 32.0 Å². The lowest BCUT2D eigenvalue weighted by Crippen LogP contribution is -2.00. The Morgan fingerprint density at radius 2 is 2.20 bits per heavy atom.